The Morgan fingerprint density at radius 3 is 3.00 bits per heavy atom. The van der Waals surface area contributed by atoms with E-state index in [1.54, 1.807) is 24.4 Å². The second-order valence-electron chi connectivity index (χ2n) is 2.63. The van der Waals surface area contributed by atoms with E-state index in [0.29, 0.717) is 15.5 Å². The molecular formula is C9H9BrClN3. The summed E-state index contributed by atoms with van der Waals surface area (Å²) in [6, 6.07) is 3.52. The molecule has 0 spiro atoms. The zero-order chi connectivity index (χ0) is 10.6. The number of pyridine rings is 1. The number of hydrogen-bond donors (Lipinski definition) is 2. The Hall–Kier alpha value is -0.870. The van der Waals surface area contributed by atoms with Crippen LogP contribution in [0.5, 0.6) is 0 Å². The fourth-order valence-corrected chi connectivity index (χ4v) is 1.40. The summed E-state index contributed by atoms with van der Waals surface area (Å²) in [6.07, 6.45) is 3.28. The summed E-state index contributed by atoms with van der Waals surface area (Å²) in [5.74, 6) is 0.594. The highest BCUT2D eigenvalue weighted by Gasteiger charge is 1.99. The molecule has 14 heavy (non-hydrogen) atoms. The molecule has 0 saturated carbocycles. The first-order valence-electron chi connectivity index (χ1n) is 3.89. The van der Waals surface area contributed by atoms with Gasteiger partial charge in [0.05, 0.1) is 9.64 Å². The lowest BCUT2D eigenvalue weighted by Gasteiger charge is -2.06. The van der Waals surface area contributed by atoms with E-state index in [1.165, 1.54) is 0 Å². The van der Waals surface area contributed by atoms with Gasteiger partial charge in [0.2, 0.25) is 0 Å². The van der Waals surface area contributed by atoms with Crippen LogP contribution in [0.15, 0.2) is 30.1 Å². The number of halogens is 2. The van der Waals surface area contributed by atoms with Crippen molar-refractivity contribution in [3.63, 3.8) is 0 Å². The molecule has 0 atom stereocenters. The predicted molar refractivity (Wildman–Crippen MR) is 63.3 cm³/mol. The normalized spacial score (nSPS) is 11.2. The molecule has 0 amide bonds. The zero-order valence-electron chi connectivity index (χ0n) is 7.51. The summed E-state index contributed by atoms with van der Waals surface area (Å²) in [7, 11) is 0. The first kappa shape index (κ1) is 11.2. The molecule has 1 aromatic heterocycles. The fourth-order valence-electron chi connectivity index (χ4n) is 0.891. The van der Waals surface area contributed by atoms with Crippen LogP contribution in [0, 0.1) is 5.41 Å². The van der Waals surface area contributed by atoms with Crippen molar-refractivity contribution in [2.75, 3.05) is 5.32 Å². The first-order valence-corrected chi connectivity index (χ1v) is 5.06. The molecule has 0 aliphatic heterocycles. The highest BCUT2D eigenvalue weighted by Crippen LogP contribution is 2.18. The topological polar surface area (TPSA) is 48.8 Å². The van der Waals surface area contributed by atoms with E-state index >= 15 is 0 Å². The molecule has 1 heterocycles. The minimum Gasteiger partial charge on any atom is -0.343 e. The van der Waals surface area contributed by atoms with E-state index in [9.17, 15) is 0 Å². The molecule has 3 nitrogen and oxygen atoms in total. The molecule has 74 valence electrons. The van der Waals surface area contributed by atoms with Crippen LogP contribution in [0.1, 0.15) is 6.92 Å². The molecule has 0 saturated heterocycles. The van der Waals surface area contributed by atoms with Gasteiger partial charge >= 0.3 is 0 Å². The van der Waals surface area contributed by atoms with E-state index in [1.807, 2.05) is 6.92 Å². The van der Waals surface area contributed by atoms with E-state index in [2.05, 4.69) is 26.2 Å². The third-order valence-corrected chi connectivity index (χ3v) is 1.95. The summed E-state index contributed by atoms with van der Waals surface area (Å²) in [4.78, 5) is 4.06. The van der Waals surface area contributed by atoms with Crippen LogP contribution in [0.2, 0.25) is 5.02 Å². The number of nitrogens with zero attached hydrogens (tertiary/aromatic N) is 1. The minimum absolute atomic E-state index is 0.301. The predicted octanol–water partition coefficient (Wildman–Crippen LogP) is 3.42. The van der Waals surface area contributed by atoms with Crippen LogP contribution in [0.4, 0.5) is 5.82 Å². The largest absolute Gasteiger partial charge is 0.343 e. The van der Waals surface area contributed by atoms with Gasteiger partial charge in [0.15, 0.2) is 0 Å². The van der Waals surface area contributed by atoms with E-state index in [0.717, 1.165) is 5.70 Å². The van der Waals surface area contributed by atoms with E-state index < -0.39 is 0 Å². The Morgan fingerprint density at radius 2 is 2.43 bits per heavy atom. The molecule has 0 aromatic carbocycles. The van der Waals surface area contributed by atoms with E-state index in [-0.39, 0.29) is 0 Å². The number of aromatic nitrogens is 1. The summed E-state index contributed by atoms with van der Waals surface area (Å²) in [6.45, 7) is 1.83. The smallest absolute Gasteiger partial charge is 0.148 e. The average Bonchev–Trinajstić information content (AvgIpc) is 2.07. The number of allylic oxidation sites excluding steroid dienone is 2. The lowest BCUT2D eigenvalue weighted by atomic mass is 10.4. The highest BCUT2D eigenvalue weighted by atomic mass is 79.9. The average molecular weight is 275 g/mol. The molecule has 1 rings (SSSR count). The highest BCUT2D eigenvalue weighted by molar-refractivity contribution is 9.18. The first-order chi connectivity index (χ1) is 6.59. The van der Waals surface area contributed by atoms with Crippen molar-refractivity contribution in [3.8, 4) is 0 Å². The molecule has 2 N–H and O–H groups in total. The molecule has 1 aromatic rings. The van der Waals surface area contributed by atoms with Gasteiger partial charge in [0.25, 0.3) is 0 Å². The zero-order valence-corrected chi connectivity index (χ0v) is 9.85. The lowest BCUT2D eigenvalue weighted by molar-refractivity contribution is 1.26. The number of nitrogens with one attached hydrogen (secondary N) is 2. The van der Waals surface area contributed by atoms with Gasteiger partial charge in [-0.05, 0) is 41.1 Å². The van der Waals surface area contributed by atoms with Crippen molar-refractivity contribution >= 4 is 38.0 Å². The molecule has 0 aliphatic carbocycles. The van der Waals surface area contributed by atoms with Gasteiger partial charge in [-0.25, -0.2) is 4.98 Å². The Balaban J connectivity index is 2.79. The van der Waals surface area contributed by atoms with Crippen molar-refractivity contribution < 1.29 is 0 Å². The molecule has 0 unspecified atom stereocenters. The maximum atomic E-state index is 7.19. The molecule has 0 radical (unpaired) electrons. The van der Waals surface area contributed by atoms with Crippen LogP contribution in [0.3, 0.4) is 0 Å². The molecule has 5 heteroatoms. The minimum atomic E-state index is 0.301. The van der Waals surface area contributed by atoms with Crippen LogP contribution >= 0.6 is 27.5 Å². The van der Waals surface area contributed by atoms with Gasteiger partial charge in [0.1, 0.15) is 5.82 Å². The van der Waals surface area contributed by atoms with Gasteiger partial charge < -0.3 is 5.32 Å². The molecule has 0 aliphatic rings. The number of rotatable bonds is 3. The van der Waals surface area contributed by atoms with E-state index in [4.69, 9.17) is 17.0 Å². The fraction of sp³-hybridized carbons (Fsp3) is 0.111. The van der Waals surface area contributed by atoms with Crippen LogP contribution in [-0.4, -0.2) is 9.60 Å². The number of hydrogen-bond acceptors (Lipinski definition) is 3. The van der Waals surface area contributed by atoms with Gasteiger partial charge in [-0.15, -0.1) is 0 Å². The Morgan fingerprint density at radius 1 is 1.71 bits per heavy atom. The van der Waals surface area contributed by atoms with Gasteiger partial charge in [-0.2, -0.15) is 0 Å². The standard InChI is InChI=1S/C9H9BrClN3/c1-6(5-8(10)12)14-9-7(11)3-2-4-13-9/h2-5,12H,1H3,(H,13,14)/b6-5-,12-8?. The third kappa shape index (κ3) is 3.47. The van der Waals surface area contributed by atoms with Crippen molar-refractivity contribution in [3.05, 3.63) is 35.1 Å². The second-order valence-corrected chi connectivity index (χ2v) is 3.90. The summed E-state index contributed by atoms with van der Waals surface area (Å²) < 4.78 is 0.301. The van der Waals surface area contributed by atoms with Gasteiger partial charge in [-0.3, -0.25) is 5.41 Å². The Labute approximate surface area is 95.8 Å². The Kier molecular flexibility index (Phi) is 4.10. The second kappa shape index (κ2) is 5.12. The summed E-state index contributed by atoms with van der Waals surface area (Å²) in [5.41, 5.74) is 0.799. The van der Waals surface area contributed by atoms with Gasteiger partial charge in [-0.1, -0.05) is 11.6 Å². The van der Waals surface area contributed by atoms with Gasteiger partial charge in [0, 0.05) is 11.9 Å². The SMILES string of the molecule is C/C(=C/C(=N)Br)Nc1ncccc1Cl. The lowest BCUT2D eigenvalue weighted by Crippen LogP contribution is -1.99. The third-order valence-electron chi connectivity index (χ3n) is 1.42. The van der Waals surface area contributed by atoms with Crippen LogP contribution in [-0.2, 0) is 0 Å². The molecular weight excluding hydrogens is 265 g/mol. The maximum Gasteiger partial charge on any atom is 0.148 e. The molecule has 0 bridgehead atoms. The Bertz CT molecular complexity index is 376. The maximum absolute atomic E-state index is 7.19. The van der Waals surface area contributed by atoms with Crippen molar-refractivity contribution in [2.24, 2.45) is 0 Å². The van der Waals surface area contributed by atoms with Crippen LogP contribution in [0.25, 0.3) is 0 Å². The summed E-state index contributed by atoms with van der Waals surface area (Å²) in [5, 5.41) is 10.7. The van der Waals surface area contributed by atoms with Crippen molar-refractivity contribution in [1.29, 1.82) is 5.41 Å². The quantitative estimate of drug-likeness (QED) is 0.830. The monoisotopic (exact) mass is 273 g/mol. The number of anilines is 1. The summed E-state index contributed by atoms with van der Waals surface area (Å²) >= 11 is 8.91. The van der Waals surface area contributed by atoms with Crippen molar-refractivity contribution in [2.45, 2.75) is 6.92 Å². The van der Waals surface area contributed by atoms with Crippen LogP contribution < -0.4 is 5.32 Å². The molecule has 0 fully saturated rings. The van der Waals surface area contributed by atoms with Crippen molar-refractivity contribution in [1.82, 2.24) is 4.98 Å².